The molecule has 0 fully saturated rings. The largest absolute Gasteiger partial charge is 0.461 e. The molecule has 4 rings (SSSR count). The lowest BCUT2D eigenvalue weighted by Gasteiger charge is -2.22. The standard InChI is InChI=1S/C22H23N7O3S2/c1-4-11-28-18(25-26-22(28)33)17-13(3)23-21(34-17)24-19(30)16-12-15(20(31)32-5-2)27-29(16)14-9-7-6-8-10-14/h4,6-10,16H,1,5,11-12H2,2-3H3,(H,26,33)(H,23,24,30). The predicted molar refractivity (Wildman–Crippen MR) is 133 cm³/mol. The molecule has 1 aliphatic heterocycles. The molecule has 2 N–H and O–H groups in total. The molecule has 1 unspecified atom stereocenters. The van der Waals surface area contributed by atoms with Gasteiger partial charge >= 0.3 is 5.97 Å². The van der Waals surface area contributed by atoms with Crippen molar-refractivity contribution in [1.82, 2.24) is 19.7 Å². The van der Waals surface area contributed by atoms with Gasteiger partial charge in [-0.15, -0.1) is 6.58 Å². The number of nitrogens with zero attached hydrogens (tertiary/aromatic N) is 5. The van der Waals surface area contributed by atoms with Crippen LogP contribution in [-0.2, 0) is 20.9 Å². The summed E-state index contributed by atoms with van der Waals surface area (Å²) >= 11 is 6.59. The SMILES string of the molecule is C=CCn1c(-c2sc(NC(=O)C3CC(C(=O)OCC)=NN3c3ccccc3)nc2C)n[nH]c1=S. The number of H-pyrrole nitrogens is 1. The fourth-order valence-electron chi connectivity index (χ4n) is 3.51. The average Bonchev–Trinajstić information content (AvgIpc) is 3.52. The minimum absolute atomic E-state index is 0.120. The maximum absolute atomic E-state index is 13.3. The van der Waals surface area contributed by atoms with Crippen molar-refractivity contribution in [1.29, 1.82) is 0 Å². The quantitative estimate of drug-likeness (QED) is 0.277. The van der Waals surface area contributed by atoms with Crippen LogP contribution in [0.5, 0.6) is 0 Å². The number of benzene rings is 1. The first kappa shape index (κ1) is 23.5. The van der Waals surface area contributed by atoms with E-state index in [0.29, 0.717) is 33.7 Å². The summed E-state index contributed by atoms with van der Waals surface area (Å²) in [6.45, 7) is 8.04. The van der Waals surface area contributed by atoms with Gasteiger partial charge in [0.2, 0.25) is 0 Å². The zero-order valence-corrected chi connectivity index (χ0v) is 20.3. The van der Waals surface area contributed by atoms with E-state index in [1.54, 1.807) is 13.0 Å². The first-order chi connectivity index (χ1) is 16.4. The number of amides is 1. The number of thiazole rings is 1. The van der Waals surface area contributed by atoms with Crippen molar-refractivity contribution in [2.75, 3.05) is 16.9 Å². The van der Waals surface area contributed by atoms with Crippen LogP contribution in [0.15, 0.2) is 48.1 Å². The Hall–Kier alpha value is -3.64. The van der Waals surface area contributed by atoms with Crippen molar-refractivity contribution in [2.24, 2.45) is 5.10 Å². The van der Waals surface area contributed by atoms with Crippen LogP contribution in [0.25, 0.3) is 10.7 Å². The number of carbonyl (C=O) groups excluding carboxylic acids is 2. The number of hydrogen-bond donors (Lipinski definition) is 2. The molecule has 10 nitrogen and oxygen atoms in total. The minimum atomic E-state index is -0.732. The van der Waals surface area contributed by atoms with Gasteiger partial charge < -0.3 is 10.1 Å². The van der Waals surface area contributed by atoms with E-state index in [0.717, 1.165) is 4.88 Å². The van der Waals surface area contributed by atoms with Crippen molar-refractivity contribution in [3.8, 4) is 10.7 Å². The van der Waals surface area contributed by atoms with Crippen molar-refractivity contribution in [3.05, 3.63) is 53.5 Å². The fraction of sp³-hybridized carbons (Fsp3) is 0.273. The molecule has 3 aromatic rings. The number of ether oxygens (including phenoxy) is 1. The first-order valence-electron chi connectivity index (χ1n) is 10.6. The van der Waals surface area contributed by atoms with Crippen molar-refractivity contribution < 1.29 is 14.3 Å². The van der Waals surface area contributed by atoms with E-state index in [1.165, 1.54) is 16.3 Å². The molecule has 2 aromatic heterocycles. The number of aromatic amines is 1. The number of rotatable bonds is 8. The molecule has 176 valence electrons. The normalized spacial score (nSPS) is 15.2. The highest BCUT2D eigenvalue weighted by atomic mass is 32.1. The first-order valence-corrected chi connectivity index (χ1v) is 11.8. The molecule has 0 saturated carbocycles. The number of hydrogen-bond acceptors (Lipinski definition) is 9. The number of para-hydroxylation sites is 1. The predicted octanol–water partition coefficient (Wildman–Crippen LogP) is 3.70. The molecule has 34 heavy (non-hydrogen) atoms. The lowest BCUT2D eigenvalue weighted by molar-refractivity contribution is -0.135. The van der Waals surface area contributed by atoms with Crippen LogP contribution < -0.4 is 10.3 Å². The van der Waals surface area contributed by atoms with E-state index in [1.807, 2.05) is 41.8 Å². The molecular formula is C22H23N7O3S2. The van der Waals surface area contributed by atoms with Gasteiger partial charge in [0.1, 0.15) is 11.8 Å². The van der Waals surface area contributed by atoms with Crippen molar-refractivity contribution >= 4 is 52.0 Å². The molecule has 0 bridgehead atoms. The van der Waals surface area contributed by atoms with Crippen LogP contribution in [0.4, 0.5) is 10.8 Å². The molecule has 0 saturated heterocycles. The van der Waals surface area contributed by atoms with E-state index in [2.05, 4.69) is 32.2 Å². The van der Waals surface area contributed by atoms with E-state index < -0.39 is 12.0 Å². The molecular weight excluding hydrogens is 474 g/mol. The van der Waals surface area contributed by atoms with E-state index in [9.17, 15) is 9.59 Å². The van der Waals surface area contributed by atoms with Gasteiger partial charge in [-0.25, -0.2) is 9.78 Å². The summed E-state index contributed by atoms with van der Waals surface area (Å²) < 4.78 is 7.37. The highest BCUT2D eigenvalue weighted by Crippen LogP contribution is 2.33. The number of carbonyl (C=O) groups is 2. The topological polar surface area (TPSA) is 118 Å². The monoisotopic (exact) mass is 497 g/mol. The van der Waals surface area contributed by atoms with Crippen LogP contribution >= 0.6 is 23.6 Å². The maximum Gasteiger partial charge on any atom is 0.354 e. The lowest BCUT2D eigenvalue weighted by Crippen LogP contribution is -2.38. The van der Waals surface area contributed by atoms with Gasteiger partial charge in [0.15, 0.2) is 15.7 Å². The number of hydrazone groups is 1. The summed E-state index contributed by atoms with van der Waals surface area (Å²) in [5, 5.41) is 16.3. The third-order valence-corrected chi connectivity index (χ3v) is 6.43. The maximum atomic E-state index is 13.3. The van der Waals surface area contributed by atoms with Gasteiger partial charge in [0, 0.05) is 13.0 Å². The van der Waals surface area contributed by atoms with Crippen LogP contribution in [0, 0.1) is 11.7 Å². The second-order valence-electron chi connectivity index (χ2n) is 7.34. The summed E-state index contributed by atoms with van der Waals surface area (Å²) in [6, 6.07) is 8.47. The summed E-state index contributed by atoms with van der Waals surface area (Å²) in [6.07, 6.45) is 1.85. The number of esters is 1. The fourth-order valence-corrected chi connectivity index (χ4v) is 4.68. The highest BCUT2D eigenvalue weighted by Gasteiger charge is 2.37. The van der Waals surface area contributed by atoms with E-state index in [-0.39, 0.29) is 24.6 Å². The zero-order chi connectivity index (χ0) is 24.2. The summed E-state index contributed by atoms with van der Waals surface area (Å²) in [5.74, 6) is -0.242. The average molecular weight is 498 g/mol. The van der Waals surface area contributed by atoms with Gasteiger partial charge in [-0.1, -0.05) is 35.6 Å². The summed E-state index contributed by atoms with van der Waals surface area (Å²) in [4.78, 5) is 30.9. The Labute approximate surface area is 205 Å². The minimum Gasteiger partial charge on any atom is -0.461 e. The smallest absolute Gasteiger partial charge is 0.354 e. The number of anilines is 2. The van der Waals surface area contributed by atoms with Gasteiger partial charge in [-0.05, 0) is 38.2 Å². The number of aromatic nitrogens is 4. The van der Waals surface area contributed by atoms with Gasteiger partial charge in [0.05, 0.1) is 22.9 Å². The van der Waals surface area contributed by atoms with Crippen molar-refractivity contribution in [3.63, 3.8) is 0 Å². The van der Waals surface area contributed by atoms with Crippen LogP contribution in [-0.4, -0.2) is 50.0 Å². The Balaban J connectivity index is 1.58. The Morgan fingerprint density at radius 1 is 1.38 bits per heavy atom. The molecule has 1 aliphatic rings. The second-order valence-corrected chi connectivity index (χ2v) is 8.73. The molecule has 1 aromatic carbocycles. The molecule has 12 heteroatoms. The molecule has 1 amide bonds. The molecule has 3 heterocycles. The number of allylic oxidation sites excluding steroid dienone is 1. The third-order valence-electron chi connectivity index (χ3n) is 5.04. The molecule has 1 atom stereocenters. The Morgan fingerprint density at radius 2 is 2.15 bits per heavy atom. The number of aryl methyl sites for hydroxylation is 1. The molecule has 0 radical (unpaired) electrons. The Bertz CT molecular complexity index is 1310. The highest BCUT2D eigenvalue weighted by molar-refractivity contribution is 7.71. The lowest BCUT2D eigenvalue weighted by atomic mass is 10.1. The van der Waals surface area contributed by atoms with E-state index >= 15 is 0 Å². The zero-order valence-electron chi connectivity index (χ0n) is 18.6. The van der Waals surface area contributed by atoms with Gasteiger partial charge in [0.25, 0.3) is 5.91 Å². The van der Waals surface area contributed by atoms with Crippen LogP contribution in [0.1, 0.15) is 19.0 Å². The van der Waals surface area contributed by atoms with Crippen LogP contribution in [0.3, 0.4) is 0 Å². The van der Waals surface area contributed by atoms with Gasteiger partial charge in [-0.2, -0.15) is 10.2 Å². The van der Waals surface area contributed by atoms with Crippen molar-refractivity contribution in [2.45, 2.75) is 32.9 Å². The Morgan fingerprint density at radius 3 is 2.85 bits per heavy atom. The summed E-state index contributed by atoms with van der Waals surface area (Å²) in [7, 11) is 0. The Kier molecular flexibility index (Phi) is 6.98. The number of nitrogens with one attached hydrogen (secondary N) is 2. The third kappa shape index (κ3) is 4.68. The van der Waals surface area contributed by atoms with Gasteiger partial charge in [-0.3, -0.25) is 19.5 Å². The van der Waals surface area contributed by atoms with Crippen LogP contribution in [0.2, 0.25) is 0 Å². The second kappa shape index (κ2) is 10.1. The molecule has 0 aliphatic carbocycles. The summed E-state index contributed by atoms with van der Waals surface area (Å²) in [5.41, 5.74) is 1.59. The molecule has 0 spiro atoms. The van der Waals surface area contributed by atoms with E-state index in [4.69, 9.17) is 17.0 Å².